The molecule has 1 aromatic rings. The number of unbranched alkanes of at least 4 members (excludes halogenated alkanes) is 30. The van der Waals surface area contributed by atoms with E-state index in [0.29, 0.717) is 0 Å². The largest absolute Gasteiger partial charge is 0.341 e. The van der Waals surface area contributed by atoms with Crippen LogP contribution in [0.5, 0.6) is 0 Å². The molecule has 4 heteroatoms. The monoisotopic (exact) mass is 601 g/mol. The van der Waals surface area contributed by atoms with Gasteiger partial charge in [0.25, 0.3) is 0 Å². The van der Waals surface area contributed by atoms with Crippen LogP contribution < -0.4 is 4.90 Å². The Bertz CT molecular complexity index is 601. The lowest BCUT2D eigenvalue weighted by molar-refractivity contribution is 0.523. The van der Waals surface area contributed by atoms with Crippen LogP contribution in [0.2, 0.25) is 0 Å². The topological polar surface area (TPSA) is 41.9 Å². The third-order valence-corrected chi connectivity index (χ3v) is 9.33. The highest BCUT2D eigenvalue weighted by atomic mass is 15.3. The Morgan fingerprint density at radius 2 is 0.581 bits per heavy atom. The highest BCUT2D eigenvalue weighted by Crippen LogP contribution is 2.16. The molecule has 1 heterocycles. The lowest BCUT2D eigenvalue weighted by Crippen LogP contribution is -2.27. The third kappa shape index (κ3) is 28.1. The Morgan fingerprint density at radius 3 is 0.837 bits per heavy atom. The van der Waals surface area contributed by atoms with Crippen LogP contribution >= 0.6 is 0 Å². The third-order valence-electron chi connectivity index (χ3n) is 9.33. The fourth-order valence-corrected chi connectivity index (χ4v) is 6.41. The fourth-order valence-electron chi connectivity index (χ4n) is 6.41. The van der Waals surface area contributed by atoms with Crippen LogP contribution in [0.1, 0.15) is 219 Å². The van der Waals surface area contributed by atoms with Crippen molar-refractivity contribution in [2.75, 3.05) is 18.0 Å². The minimum Gasteiger partial charge on any atom is -0.341 e. The summed E-state index contributed by atoms with van der Waals surface area (Å²) < 4.78 is 0. The van der Waals surface area contributed by atoms with Crippen molar-refractivity contribution >= 4 is 5.95 Å². The molecule has 0 saturated carbocycles. The van der Waals surface area contributed by atoms with Gasteiger partial charge in [-0.15, -0.1) is 0 Å². The summed E-state index contributed by atoms with van der Waals surface area (Å²) in [4.78, 5) is 15.4. The predicted molar refractivity (Wildman–Crippen MR) is 191 cm³/mol. The minimum absolute atomic E-state index is 0.872. The SMILES string of the molecule is CCCCCCCCCCCCCCCCCCN(CCCCCCCCCCCCCCCCCC)c1ncncn1. The maximum atomic E-state index is 4.47. The maximum Gasteiger partial charge on any atom is 0.228 e. The van der Waals surface area contributed by atoms with Gasteiger partial charge in [-0.25, -0.2) is 15.0 Å². The van der Waals surface area contributed by atoms with Crippen molar-refractivity contribution < 1.29 is 0 Å². The lowest BCUT2D eigenvalue weighted by Gasteiger charge is -2.22. The van der Waals surface area contributed by atoms with Crippen LogP contribution in [-0.2, 0) is 0 Å². The highest BCUT2D eigenvalue weighted by molar-refractivity contribution is 5.26. The summed E-state index contributed by atoms with van der Waals surface area (Å²) in [5.41, 5.74) is 0. The second-order valence-corrected chi connectivity index (χ2v) is 13.5. The summed E-state index contributed by atoms with van der Waals surface area (Å²) in [6.07, 6.45) is 48.6. The standard InChI is InChI=1S/C39H76N4/c1-3-5-7-9-11-13-15-17-19-21-23-25-27-29-31-33-35-43(39-41-37-40-38-42-39)36-34-32-30-28-26-24-22-20-18-16-14-12-10-8-6-4-2/h37-38H,3-36H2,1-2H3. The molecule has 0 aliphatic rings. The second kappa shape index (κ2) is 33.7. The van der Waals surface area contributed by atoms with Crippen molar-refractivity contribution in [3.8, 4) is 0 Å². The molecule has 0 aliphatic carbocycles. The highest BCUT2D eigenvalue weighted by Gasteiger charge is 2.09. The van der Waals surface area contributed by atoms with Crippen molar-refractivity contribution in [1.82, 2.24) is 15.0 Å². The Morgan fingerprint density at radius 1 is 0.349 bits per heavy atom. The van der Waals surface area contributed by atoms with Gasteiger partial charge < -0.3 is 4.90 Å². The zero-order valence-corrected chi connectivity index (χ0v) is 29.5. The van der Waals surface area contributed by atoms with Crippen LogP contribution in [-0.4, -0.2) is 28.0 Å². The summed E-state index contributed by atoms with van der Waals surface area (Å²) >= 11 is 0. The van der Waals surface area contributed by atoms with Gasteiger partial charge in [-0.3, -0.25) is 0 Å². The number of nitrogens with zero attached hydrogens (tertiary/aromatic N) is 4. The average molecular weight is 601 g/mol. The average Bonchev–Trinajstić information content (AvgIpc) is 3.03. The minimum atomic E-state index is 0.872. The molecule has 0 N–H and O–H groups in total. The molecule has 0 spiro atoms. The molecule has 0 bridgehead atoms. The summed E-state index contributed by atoms with van der Waals surface area (Å²) in [7, 11) is 0. The van der Waals surface area contributed by atoms with E-state index in [1.807, 2.05) is 0 Å². The Kier molecular flexibility index (Phi) is 31.2. The zero-order valence-electron chi connectivity index (χ0n) is 29.5. The predicted octanol–water partition coefficient (Wildman–Crippen LogP) is 13.2. The van der Waals surface area contributed by atoms with Gasteiger partial charge in [0.05, 0.1) is 0 Å². The van der Waals surface area contributed by atoms with E-state index in [4.69, 9.17) is 0 Å². The molecule has 252 valence electrons. The van der Waals surface area contributed by atoms with Crippen LogP contribution in [0.25, 0.3) is 0 Å². The van der Waals surface area contributed by atoms with Gasteiger partial charge in [-0.1, -0.05) is 206 Å². The molecule has 0 saturated heterocycles. The number of aromatic nitrogens is 3. The Balaban J connectivity index is 1.95. The molecule has 0 amide bonds. The molecule has 0 fully saturated rings. The van der Waals surface area contributed by atoms with Crippen LogP contribution in [0.3, 0.4) is 0 Å². The van der Waals surface area contributed by atoms with E-state index in [-0.39, 0.29) is 0 Å². The van der Waals surface area contributed by atoms with Gasteiger partial charge >= 0.3 is 0 Å². The van der Waals surface area contributed by atoms with Gasteiger partial charge in [0.2, 0.25) is 5.95 Å². The molecule has 0 atom stereocenters. The van der Waals surface area contributed by atoms with Crippen molar-refractivity contribution in [3.63, 3.8) is 0 Å². The van der Waals surface area contributed by atoms with Crippen molar-refractivity contribution in [2.24, 2.45) is 0 Å². The van der Waals surface area contributed by atoms with E-state index >= 15 is 0 Å². The van der Waals surface area contributed by atoms with E-state index in [1.54, 1.807) is 12.7 Å². The molecule has 4 nitrogen and oxygen atoms in total. The first-order chi connectivity index (χ1) is 21.4. The Hall–Kier alpha value is -1.19. The quantitative estimate of drug-likeness (QED) is 0.0727. The van der Waals surface area contributed by atoms with E-state index in [9.17, 15) is 0 Å². The first kappa shape index (κ1) is 39.8. The van der Waals surface area contributed by atoms with Gasteiger partial charge in [-0.2, -0.15) is 0 Å². The molecule has 0 aliphatic heterocycles. The molecule has 0 unspecified atom stereocenters. The van der Waals surface area contributed by atoms with Gasteiger partial charge in [0.1, 0.15) is 12.7 Å². The smallest absolute Gasteiger partial charge is 0.228 e. The van der Waals surface area contributed by atoms with Crippen molar-refractivity contribution in [3.05, 3.63) is 12.7 Å². The van der Waals surface area contributed by atoms with Gasteiger partial charge in [0.15, 0.2) is 0 Å². The molecule has 0 radical (unpaired) electrons. The molecule has 43 heavy (non-hydrogen) atoms. The number of anilines is 1. The first-order valence-corrected chi connectivity index (χ1v) is 19.8. The fraction of sp³-hybridized carbons (Fsp3) is 0.923. The van der Waals surface area contributed by atoms with E-state index in [0.717, 1.165) is 19.0 Å². The number of rotatable bonds is 35. The molecular formula is C39H76N4. The Labute approximate surface area is 270 Å². The molecular weight excluding hydrogens is 524 g/mol. The van der Waals surface area contributed by atoms with Crippen LogP contribution in [0, 0.1) is 0 Å². The number of hydrogen-bond acceptors (Lipinski definition) is 4. The summed E-state index contributed by atoms with van der Waals surface area (Å²) in [6, 6.07) is 0. The van der Waals surface area contributed by atoms with E-state index < -0.39 is 0 Å². The van der Waals surface area contributed by atoms with Crippen LogP contribution in [0.4, 0.5) is 5.95 Å². The first-order valence-electron chi connectivity index (χ1n) is 19.8. The van der Waals surface area contributed by atoms with Gasteiger partial charge in [-0.05, 0) is 12.8 Å². The van der Waals surface area contributed by atoms with Crippen molar-refractivity contribution in [2.45, 2.75) is 219 Å². The molecule has 1 aromatic heterocycles. The van der Waals surface area contributed by atoms with Crippen molar-refractivity contribution in [1.29, 1.82) is 0 Å². The lowest BCUT2D eigenvalue weighted by atomic mass is 10.0. The van der Waals surface area contributed by atoms with Gasteiger partial charge in [0, 0.05) is 13.1 Å². The number of hydrogen-bond donors (Lipinski definition) is 0. The zero-order chi connectivity index (χ0) is 30.7. The van der Waals surface area contributed by atoms with Crippen LogP contribution in [0.15, 0.2) is 12.7 Å². The second-order valence-electron chi connectivity index (χ2n) is 13.5. The maximum absolute atomic E-state index is 4.47. The van der Waals surface area contributed by atoms with E-state index in [2.05, 4.69) is 33.7 Å². The summed E-state index contributed by atoms with van der Waals surface area (Å²) in [5.74, 6) is 0.872. The summed E-state index contributed by atoms with van der Waals surface area (Å²) in [5, 5.41) is 0. The normalized spacial score (nSPS) is 11.4. The molecule has 1 rings (SSSR count). The summed E-state index contributed by atoms with van der Waals surface area (Å²) in [6.45, 7) is 6.77. The van der Waals surface area contributed by atoms with E-state index in [1.165, 1.54) is 205 Å². The molecule has 0 aromatic carbocycles.